The zero-order valence-electron chi connectivity index (χ0n) is 11.2. The van der Waals surface area contributed by atoms with Gasteiger partial charge in [0.25, 0.3) is 0 Å². The van der Waals surface area contributed by atoms with E-state index in [1.54, 1.807) is 13.0 Å². The lowest BCUT2D eigenvalue weighted by molar-refractivity contribution is -0.139. The summed E-state index contributed by atoms with van der Waals surface area (Å²) in [5.74, 6) is -1.07. The first-order valence-corrected chi connectivity index (χ1v) is 6.86. The number of hydrogen-bond acceptors (Lipinski definition) is 2. The molecule has 2 amide bonds. The van der Waals surface area contributed by atoms with Crippen LogP contribution in [0.3, 0.4) is 0 Å². The molecule has 20 heavy (non-hydrogen) atoms. The molecule has 5 nitrogen and oxygen atoms in total. The molecule has 3 N–H and O–H groups in total. The van der Waals surface area contributed by atoms with Crippen molar-refractivity contribution in [3.05, 3.63) is 27.7 Å². The molecule has 0 saturated carbocycles. The number of rotatable bonds is 5. The molecule has 0 fully saturated rings. The zero-order chi connectivity index (χ0) is 15.3. The maximum atomic E-state index is 11.8. The summed E-state index contributed by atoms with van der Waals surface area (Å²) in [5, 5.41) is 14.6. The number of benzene rings is 1. The van der Waals surface area contributed by atoms with Crippen LogP contribution < -0.4 is 10.6 Å². The molecule has 0 heterocycles. The second kappa shape index (κ2) is 7.36. The van der Waals surface area contributed by atoms with Crippen molar-refractivity contribution in [2.75, 3.05) is 5.32 Å². The number of urea groups is 1. The Kier molecular flexibility index (Phi) is 6.10. The van der Waals surface area contributed by atoms with Gasteiger partial charge in [0.1, 0.15) is 6.04 Å². The van der Waals surface area contributed by atoms with Crippen molar-refractivity contribution in [1.29, 1.82) is 0 Å². The normalized spacial score (nSPS) is 11.8. The van der Waals surface area contributed by atoms with E-state index in [0.717, 1.165) is 5.56 Å². The SMILES string of the molecule is CCC[C@H](NC(=O)Nc1cc(Cl)c(C)cc1Cl)C(=O)O. The number of carboxylic acid groups (broad SMARTS) is 1. The van der Waals surface area contributed by atoms with Gasteiger partial charge in [-0.3, -0.25) is 0 Å². The lowest BCUT2D eigenvalue weighted by Crippen LogP contribution is -2.42. The molecular formula is C13H16Cl2N2O3. The standard InChI is InChI=1S/C13H16Cl2N2O3/c1-3-4-10(12(18)19)16-13(20)17-11-6-8(14)7(2)5-9(11)15/h5-6,10H,3-4H2,1-2H3,(H,18,19)(H2,16,17,20)/t10-/m0/s1. The highest BCUT2D eigenvalue weighted by atomic mass is 35.5. The van der Waals surface area contributed by atoms with Crippen LogP contribution in [0.5, 0.6) is 0 Å². The molecule has 0 aromatic heterocycles. The Morgan fingerprint density at radius 3 is 2.50 bits per heavy atom. The third kappa shape index (κ3) is 4.58. The van der Waals surface area contributed by atoms with E-state index in [1.807, 2.05) is 6.92 Å². The number of amides is 2. The summed E-state index contributed by atoms with van der Waals surface area (Å²) < 4.78 is 0. The molecule has 0 unspecified atom stereocenters. The summed E-state index contributed by atoms with van der Waals surface area (Å²) in [6, 6.07) is 1.58. The maximum Gasteiger partial charge on any atom is 0.326 e. The molecule has 0 radical (unpaired) electrons. The number of hydrogen-bond donors (Lipinski definition) is 3. The minimum absolute atomic E-state index is 0.334. The van der Waals surface area contributed by atoms with Gasteiger partial charge in [0, 0.05) is 5.02 Å². The van der Waals surface area contributed by atoms with E-state index in [4.69, 9.17) is 28.3 Å². The molecule has 110 valence electrons. The summed E-state index contributed by atoms with van der Waals surface area (Å²) in [5.41, 5.74) is 1.12. The van der Waals surface area contributed by atoms with Crippen molar-refractivity contribution < 1.29 is 14.7 Å². The number of anilines is 1. The first-order valence-electron chi connectivity index (χ1n) is 6.11. The van der Waals surface area contributed by atoms with E-state index in [-0.39, 0.29) is 0 Å². The maximum absolute atomic E-state index is 11.8. The number of carbonyl (C=O) groups excluding carboxylic acids is 1. The molecule has 1 aromatic carbocycles. The van der Waals surface area contributed by atoms with Gasteiger partial charge in [0.2, 0.25) is 0 Å². The molecule has 0 spiro atoms. The van der Waals surface area contributed by atoms with Crippen molar-refractivity contribution >= 4 is 40.9 Å². The van der Waals surface area contributed by atoms with Crippen molar-refractivity contribution in [3.8, 4) is 0 Å². The Morgan fingerprint density at radius 2 is 1.95 bits per heavy atom. The minimum atomic E-state index is -1.07. The van der Waals surface area contributed by atoms with E-state index in [1.165, 1.54) is 6.07 Å². The second-order valence-electron chi connectivity index (χ2n) is 4.36. The van der Waals surface area contributed by atoms with Crippen LogP contribution in [0.2, 0.25) is 10.0 Å². The Balaban J connectivity index is 2.75. The quantitative estimate of drug-likeness (QED) is 0.775. The topological polar surface area (TPSA) is 78.4 Å². The summed E-state index contributed by atoms with van der Waals surface area (Å²) in [6.07, 6.45) is 1.000. The number of carbonyl (C=O) groups is 2. The summed E-state index contributed by atoms with van der Waals surface area (Å²) in [4.78, 5) is 22.7. The smallest absolute Gasteiger partial charge is 0.326 e. The van der Waals surface area contributed by atoms with Gasteiger partial charge >= 0.3 is 12.0 Å². The summed E-state index contributed by atoms with van der Waals surface area (Å²) in [6.45, 7) is 3.63. The highest BCUT2D eigenvalue weighted by Gasteiger charge is 2.19. The monoisotopic (exact) mass is 318 g/mol. The van der Waals surface area contributed by atoms with E-state index in [2.05, 4.69) is 10.6 Å². The van der Waals surface area contributed by atoms with Crippen LogP contribution in [0.15, 0.2) is 12.1 Å². The van der Waals surface area contributed by atoms with Crippen LogP contribution in [0, 0.1) is 6.92 Å². The van der Waals surface area contributed by atoms with Gasteiger partial charge in [0.05, 0.1) is 10.7 Å². The number of halogens is 2. The molecule has 0 aliphatic rings. The first-order chi connectivity index (χ1) is 9.35. The van der Waals surface area contributed by atoms with E-state index in [0.29, 0.717) is 28.6 Å². The van der Waals surface area contributed by atoms with Gasteiger partial charge in [-0.1, -0.05) is 36.5 Å². The van der Waals surface area contributed by atoms with Crippen LogP contribution in [-0.2, 0) is 4.79 Å². The zero-order valence-corrected chi connectivity index (χ0v) is 12.7. The van der Waals surface area contributed by atoms with Gasteiger partial charge < -0.3 is 15.7 Å². The van der Waals surface area contributed by atoms with E-state index in [9.17, 15) is 9.59 Å². The van der Waals surface area contributed by atoms with Crippen molar-refractivity contribution in [2.24, 2.45) is 0 Å². The molecule has 1 aromatic rings. The fourth-order valence-corrected chi connectivity index (χ4v) is 2.03. The molecule has 1 atom stereocenters. The molecule has 1 rings (SSSR count). The van der Waals surface area contributed by atoms with Crippen LogP contribution in [0.1, 0.15) is 25.3 Å². The fraction of sp³-hybridized carbons (Fsp3) is 0.385. The highest BCUT2D eigenvalue weighted by Crippen LogP contribution is 2.28. The Hall–Kier alpha value is -1.46. The number of aliphatic carboxylic acids is 1. The number of aryl methyl sites for hydroxylation is 1. The van der Waals surface area contributed by atoms with Crippen molar-refractivity contribution in [3.63, 3.8) is 0 Å². The molecule has 0 aliphatic heterocycles. The Labute approximate surface area is 127 Å². The molecule has 0 saturated heterocycles. The second-order valence-corrected chi connectivity index (χ2v) is 5.17. The predicted octanol–water partition coefficient (Wildman–Crippen LogP) is 3.68. The van der Waals surface area contributed by atoms with Gasteiger partial charge in [-0.15, -0.1) is 0 Å². The van der Waals surface area contributed by atoms with Crippen LogP contribution >= 0.6 is 23.2 Å². The lowest BCUT2D eigenvalue weighted by Gasteiger charge is -2.15. The van der Waals surface area contributed by atoms with Crippen LogP contribution in [0.4, 0.5) is 10.5 Å². The van der Waals surface area contributed by atoms with Crippen LogP contribution in [-0.4, -0.2) is 23.1 Å². The van der Waals surface area contributed by atoms with Gasteiger partial charge in [-0.25, -0.2) is 9.59 Å². The number of carboxylic acids is 1. The fourth-order valence-electron chi connectivity index (χ4n) is 1.60. The number of nitrogens with one attached hydrogen (secondary N) is 2. The minimum Gasteiger partial charge on any atom is -0.480 e. The molecule has 0 bridgehead atoms. The van der Waals surface area contributed by atoms with Gasteiger partial charge in [0.15, 0.2) is 0 Å². The Morgan fingerprint density at radius 1 is 1.30 bits per heavy atom. The van der Waals surface area contributed by atoms with Gasteiger partial charge in [-0.05, 0) is 31.0 Å². The summed E-state index contributed by atoms with van der Waals surface area (Å²) in [7, 11) is 0. The average molecular weight is 319 g/mol. The third-order valence-corrected chi connectivity index (χ3v) is 3.40. The molecular weight excluding hydrogens is 303 g/mol. The van der Waals surface area contributed by atoms with Crippen molar-refractivity contribution in [1.82, 2.24) is 5.32 Å². The highest BCUT2D eigenvalue weighted by molar-refractivity contribution is 6.36. The third-order valence-electron chi connectivity index (χ3n) is 2.68. The van der Waals surface area contributed by atoms with Crippen LogP contribution in [0.25, 0.3) is 0 Å². The summed E-state index contributed by atoms with van der Waals surface area (Å²) >= 11 is 11.9. The molecule has 7 heteroatoms. The Bertz CT molecular complexity index is 521. The van der Waals surface area contributed by atoms with E-state index >= 15 is 0 Å². The largest absolute Gasteiger partial charge is 0.480 e. The predicted molar refractivity (Wildman–Crippen MR) is 79.7 cm³/mol. The first kappa shape index (κ1) is 16.6. The van der Waals surface area contributed by atoms with Crippen molar-refractivity contribution in [2.45, 2.75) is 32.7 Å². The average Bonchev–Trinajstić information content (AvgIpc) is 2.35. The van der Waals surface area contributed by atoms with Gasteiger partial charge in [-0.2, -0.15) is 0 Å². The lowest BCUT2D eigenvalue weighted by atomic mass is 10.2. The van der Waals surface area contributed by atoms with E-state index < -0.39 is 18.0 Å². The molecule has 0 aliphatic carbocycles.